The highest BCUT2D eigenvalue weighted by Gasteiger charge is 2.15. The van der Waals surface area contributed by atoms with Gasteiger partial charge in [0.1, 0.15) is 6.54 Å². The van der Waals surface area contributed by atoms with Crippen LogP contribution >= 0.6 is 23.1 Å². The molecule has 0 aliphatic carbocycles. The van der Waals surface area contributed by atoms with Gasteiger partial charge in [0.05, 0.1) is 18.8 Å². The lowest BCUT2D eigenvalue weighted by molar-refractivity contribution is -0.901. The lowest BCUT2D eigenvalue weighted by Crippen LogP contribution is -3.08. The first kappa shape index (κ1) is 16.2. The van der Waals surface area contributed by atoms with E-state index in [9.17, 15) is 4.79 Å². The molecular formula is C15H20N5OS2+. The van der Waals surface area contributed by atoms with Gasteiger partial charge in [-0.2, -0.15) is 0 Å². The number of thioether (sulfide) groups is 1. The summed E-state index contributed by atoms with van der Waals surface area (Å²) in [7, 11) is 0. The molecule has 1 amide bonds. The molecule has 6 nitrogen and oxygen atoms in total. The van der Waals surface area contributed by atoms with E-state index in [1.165, 1.54) is 54.6 Å². The maximum absolute atomic E-state index is 11.9. The molecular weight excluding hydrogens is 330 g/mol. The standard InChI is InChI=1S/C15H19N5OS2/c16-14-18-19-15(23-14)22-10-13(21)17-12-5-3-11(4-6-12)9-20-7-1-2-8-20/h3-6H,1-2,7-10H2,(H2,16,18)(H,17,21)/p+1. The van der Waals surface area contributed by atoms with E-state index < -0.39 is 0 Å². The first-order chi connectivity index (χ1) is 11.2. The molecule has 1 saturated heterocycles. The van der Waals surface area contributed by atoms with Crippen molar-refractivity contribution < 1.29 is 9.69 Å². The van der Waals surface area contributed by atoms with Gasteiger partial charge in [-0.15, -0.1) is 10.2 Å². The van der Waals surface area contributed by atoms with Gasteiger partial charge < -0.3 is 16.0 Å². The normalized spacial score (nSPS) is 15.0. The van der Waals surface area contributed by atoms with Gasteiger partial charge >= 0.3 is 0 Å². The van der Waals surface area contributed by atoms with Gasteiger partial charge in [-0.1, -0.05) is 35.2 Å². The average Bonchev–Trinajstić information content (AvgIpc) is 3.19. The number of quaternary nitrogens is 1. The summed E-state index contributed by atoms with van der Waals surface area (Å²) in [4.78, 5) is 13.6. The molecule has 0 spiro atoms. The van der Waals surface area contributed by atoms with Crippen LogP contribution in [-0.2, 0) is 11.3 Å². The monoisotopic (exact) mass is 350 g/mol. The molecule has 2 aromatic rings. The molecule has 1 aliphatic rings. The zero-order valence-electron chi connectivity index (χ0n) is 12.7. The number of nitrogens with two attached hydrogens (primary N) is 1. The molecule has 8 heteroatoms. The number of nitrogens with zero attached hydrogens (tertiary/aromatic N) is 2. The zero-order chi connectivity index (χ0) is 16.1. The van der Waals surface area contributed by atoms with Gasteiger partial charge in [-0.25, -0.2) is 0 Å². The van der Waals surface area contributed by atoms with E-state index in [-0.39, 0.29) is 5.91 Å². The van der Waals surface area contributed by atoms with Gasteiger partial charge in [0.2, 0.25) is 11.0 Å². The minimum atomic E-state index is -0.0540. The first-order valence-corrected chi connectivity index (χ1v) is 9.43. The maximum Gasteiger partial charge on any atom is 0.234 e. The van der Waals surface area contributed by atoms with Crippen LogP contribution in [0.5, 0.6) is 0 Å². The van der Waals surface area contributed by atoms with Crippen LogP contribution in [0, 0.1) is 0 Å². The van der Waals surface area contributed by atoms with E-state index in [1.807, 2.05) is 12.1 Å². The van der Waals surface area contributed by atoms with Gasteiger partial charge in [-0.05, 0) is 12.1 Å². The average molecular weight is 350 g/mol. The number of nitrogen functional groups attached to an aromatic ring is 1. The van der Waals surface area contributed by atoms with Gasteiger partial charge in [0.15, 0.2) is 4.34 Å². The number of anilines is 2. The summed E-state index contributed by atoms with van der Waals surface area (Å²) in [5.74, 6) is 0.246. The van der Waals surface area contributed by atoms with E-state index in [4.69, 9.17) is 5.73 Å². The second kappa shape index (κ2) is 7.76. The third-order valence-electron chi connectivity index (χ3n) is 3.75. The van der Waals surface area contributed by atoms with E-state index in [1.54, 1.807) is 4.90 Å². The van der Waals surface area contributed by atoms with Crippen molar-refractivity contribution >= 4 is 39.8 Å². The Kier molecular flexibility index (Phi) is 5.47. The van der Waals surface area contributed by atoms with Crippen LogP contribution in [0.4, 0.5) is 10.8 Å². The Balaban J connectivity index is 1.46. The number of likely N-dealkylation sites (tertiary alicyclic amines) is 1. The van der Waals surface area contributed by atoms with Crippen molar-refractivity contribution in [3.05, 3.63) is 29.8 Å². The molecule has 1 fully saturated rings. The quantitative estimate of drug-likeness (QED) is 0.678. The van der Waals surface area contributed by atoms with Crippen molar-refractivity contribution in [1.29, 1.82) is 0 Å². The Morgan fingerprint density at radius 2 is 2.00 bits per heavy atom. The molecule has 0 bridgehead atoms. The van der Waals surface area contributed by atoms with Crippen molar-refractivity contribution in [2.24, 2.45) is 0 Å². The van der Waals surface area contributed by atoms with Gasteiger partial charge in [-0.3, -0.25) is 4.79 Å². The highest BCUT2D eigenvalue weighted by molar-refractivity contribution is 8.01. The number of rotatable bonds is 6. The number of hydrogen-bond acceptors (Lipinski definition) is 6. The van der Waals surface area contributed by atoms with E-state index in [2.05, 4.69) is 27.6 Å². The smallest absolute Gasteiger partial charge is 0.234 e. The van der Waals surface area contributed by atoms with Crippen molar-refractivity contribution in [2.75, 3.05) is 29.9 Å². The minimum absolute atomic E-state index is 0.0540. The maximum atomic E-state index is 11.9. The second-order valence-corrected chi connectivity index (χ2v) is 7.81. The summed E-state index contributed by atoms with van der Waals surface area (Å²) in [6, 6.07) is 8.13. The van der Waals surface area contributed by atoms with Crippen LogP contribution in [0.2, 0.25) is 0 Å². The summed E-state index contributed by atoms with van der Waals surface area (Å²) < 4.78 is 0.710. The summed E-state index contributed by atoms with van der Waals surface area (Å²) in [6.07, 6.45) is 2.67. The molecule has 0 radical (unpaired) electrons. The first-order valence-electron chi connectivity index (χ1n) is 7.63. The highest BCUT2D eigenvalue weighted by Crippen LogP contribution is 2.23. The van der Waals surface area contributed by atoms with Crippen LogP contribution in [0.1, 0.15) is 18.4 Å². The highest BCUT2D eigenvalue weighted by atomic mass is 32.2. The molecule has 23 heavy (non-hydrogen) atoms. The van der Waals surface area contributed by atoms with Crippen LogP contribution < -0.4 is 16.0 Å². The number of carbonyl (C=O) groups excluding carboxylic acids is 1. The van der Waals surface area contributed by atoms with Crippen molar-refractivity contribution in [2.45, 2.75) is 23.7 Å². The number of amides is 1. The Labute approximate surface area is 143 Å². The Morgan fingerprint density at radius 3 is 2.65 bits per heavy atom. The molecule has 1 aromatic heterocycles. The minimum Gasteiger partial charge on any atom is -0.374 e. The van der Waals surface area contributed by atoms with Crippen molar-refractivity contribution in [3.8, 4) is 0 Å². The predicted molar refractivity (Wildman–Crippen MR) is 93.8 cm³/mol. The fourth-order valence-corrected chi connectivity index (χ4v) is 4.09. The van der Waals surface area contributed by atoms with Gasteiger partial charge in [0.25, 0.3) is 0 Å². The molecule has 0 atom stereocenters. The van der Waals surface area contributed by atoms with E-state index in [0.29, 0.717) is 15.2 Å². The Morgan fingerprint density at radius 1 is 1.26 bits per heavy atom. The van der Waals surface area contributed by atoms with Crippen molar-refractivity contribution in [1.82, 2.24) is 10.2 Å². The molecule has 3 rings (SSSR count). The van der Waals surface area contributed by atoms with Crippen LogP contribution in [0.25, 0.3) is 0 Å². The van der Waals surface area contributed by atoms with E-state index >= 15 is 0 Å². The number of benzene rings is 1. The van der Waals surface area contributed by atoms with Crippen molar-refractivity contribution in [3.63, 3.8) is 0 Å². The molecule has 0 saturated carbocycles. The van der Waals surface area contributed by atoms with Crippen LogP contribution in [0.3, 0.4) is 0 Å². The van der Waals surface area contributed by atoms with Crippen LogP contribution in [-0.4, -0.2) is 34.9 Å². The summed E-state index contributed by atoms with van der Waals surface area (Å²) in [5.41, 5.74) is 7.65. The van der Waals surface area contributed by atoms with Crippen LogP contribution in [0.15, 0.2) is 28.6 Å². The summed E-state index contributed by atoms with van der Waals surface area (Å²) >= 11 is 2.63. The second-order valence-electron chi connectivity index (χ2n) is 5.57. The third kappa shape index (κ3) is 4.92. The summed E-state index contributed by atoms with van der Waals surface area (Å²) in [5, 5.41) is 10.9. The fraction of sp³-hybridized carbons (Fsp3) is 0.400. The topological polar surface area (TPSA) is 85.3 Å². The predicted octanol–water partition coefficient (Wildman–Crippen LogP) is 1.03. The third-order valence-corrected chi connectivity index (χ3v) is 5.64. The summed E-state index contributed by atoms with van der Waals surface area (Å²) in [6.45, 7) is 3.61. The Hall–Kier alpha value is -1.64. The molecule has 0 unspecified atom stereocenters. The van der Waals surface area contributed by atoms with E-state index in [0.717, 1.165) is 12.2 Å². The largest absolute Gasteiger partial charge is 0.374 e. The number of nitrogens with one attached hydrogen (secondary N) is 2. The Bertz CT molecular complexity index is 652. The lowest BCUT2D eigenvalue weighted by Gasteiger charge is -2.12. The number of carbonyl (C=O) groups is 1. The molecule has 1 aliphatic heterocycles. The SMILES string of the molecule is Nc1nnc(SCC(=O)Nc2ccc(C[NH+]3CCCC3)cc2)s1. The molecule has 1 aromatic carbocycles. The lowest BCUT2D eigenvalue weighted by atomic mass is 10.2. The molecule has 2 heterocycles. The fourth-order valence-electron chi connectivity index (χ4n) is 2.65. The molecule has 122 valence electrons. The number of hydrogen-bond donors (Lipinski definition) is 3. The number of aromatic nitrogens is 2. The van der Waals surface area contributed by atoms with Gasteiger partial charge in [0, 0.05) is 24.1 Å². The molecule has 4 N–H and O–H groups in total. The zero-order valence-corrected chi connectivity index (χ0v) is 14.4.